The van der Waals surface area contributed by atoms with Crippen molar-refractivity contribution in [1.29, 1.82) is 0 Å². The van der Waals surface area contributed by atoms with Crippen LogP contribution < -0.4 is 5.73 Å². The molecule has 104 valence electrons. The Kier molecular flexibility index (Phi) is 6.12. The van der Waals surface area contributed by atoms with Crippen LogP contribution >= 0.6 is 12.4 Å². The van der Waals surface area contributed by atoms with E-state index >= 15 is 0 Å². The van der Waals surface area contributed by atoms with E-state index in [1.54, 1.807) is 0 Å². The molecular formula is C13H25ClN4. The number of likely N-dealkylation sites (tertiary alicyclic amines) is 1. The van der Waals surface area contributed by atoms with Gasteiger partial charge in [-0.3, -0.25) is 9.58 Å². The second-order valence-electron chi connectivity index (χ2n) is 5.24. The van der Waals surface area contributed by atoms with E-state index in [1.807, 2.05) is 10.9 Å². The van der Waals surface area contributed by atoms with Crippen molar-refractivity contribution < 1.29 is 0 Å². The van der Waals surface area contributed by atoms with E-state index < -0.39 is 0 Å². The van der Waals surface area contributed by atoms with E-state index in [1.165, 1.54) is 31.4 Å². The van der Waals surface area contributed by atoms with Gasteiger partial charge < -0.3 is 5.73 Å². The molecule has 4 nitrogen and oxygen atoms in total. The van der Waals surface area contributed by atoms with Crippen molar-refractivity contribution in [3.05, 3.63) is 18.0 Å². The Morgan fingerprint density at radius 3 is 2.83 bits per heavy atom. The fraction of sp³-hybridized carbons (Fsp3) is 0.769. The second-order valence-corrected chi connectivity index (χ2v) is 5.24. The largest absolute Gasteiger partial charge is 0.327 e. The maximum atomic E-state index is 6.07. The number of halogens is 1. The maximum Gasteiger partial charge on any atom is 0.0536 e. The summed E-state index contributed by atoms with van der Waals surface area (Å²) in [4.78, 5) is 2.53. The van der Waals surface area contributed by atoms with E-state index in [2.05, 4.69) is 30.0 Å². The molecule has 1 saturated heterocycles. The van der Waals surface area contributed by atoms with Crippen LogP contribution in [-0.2, 0) is 6.54 Å². The van der Waals surface area contributed by atoms with Gasteiger partial charge in [0.05, 0.1) is 12.7 Å². The van der Waals surface area contributed by atoms with Gasteiger partial charge in [0.1, 0.15) is 0 Å². The first kappa shape index (κ1) is 15.5. The molecule has 18 heavy (non-hydrogen) atoms. The highest BCUT2D eigenvalue weighted by atomic mass is 35.5. The number of nitrogens with two attached hydrogens (primary N) is 1. The predicted octanol–water partition coefficient (Wildman–Crippen LogP) is 1.82. The number of hydrogen-bond acceptors (Lipinski definition) is 3. The standard InChI is InChI=1S/C13H24N4.ClH/c1-11-9-15-17(10-11)8-7-16-6-4-3-5-13(16)12(2)14;/h9-10,12-13H,3-8,14H2,1-2H3;1H. The fourth-order valence-corrected chi connectivity index (χ4v) is 2.71. The summed E-state index contributed by atoms with van der Waals surface area (Å²) >= 11 is 0. The molecule has 0 spiro atoms. The molecule has 2 rings (SSSR count). The van der Waals surface area contributed by atoms with Crippen molar-refractivity contribution in [3.63, 3.8) is 0 Å². The topological polar surface area (TPSA) is 47.1 Å². The molecule has 1 aromatic heterocycles. The zero-order valence-corrected chi connectivity index (χ0v) is 12.2. The average Bonchev–Trinajstić information content (AvgIpc) is 2.73. The smallest absolute Gasteiger partial charge is 0.0536 e. The first-order chi connectivity index (χ1) is 8.16. The van der Waals surface area contributed by atoms with Crippen LogP contribution in [0.5, 0.6) is 0 Å². The summed E-state index contributed by atoms with van der Waals surface area (Å²) in [5.41, 5.74) is 7.30. The number of rotatable bonds is 4. The molecule has 2 atom stereocenters. The number of hydrogen-bond donors (Lipinski definition) is 1. The third kappa shape index (κ3) is 3.97. The van der Waals surface area contributed by atoms with E-state index in [4.69, 9.17) is 5.73 Å². The van der Waals surface area contributed by atoms with Crippen LogP contribution in [0, 0.1) is 6.92 Å². The Bertz CT molecular complexity index is 351. The molecule has 0 saturated carbocycles. The van der Waals surface area contributed by atoms with Crippen molar-refractivity contribution in [2.45, 2.75) is 51.7 Å². The van der Waals surface area contributed by atoms with Crippen LogP contribution in [0.25, 0.3) is 0 Å². The zero-order valence-electron chi connectivity index (χ0n) is 11.4. The lowest BCUT2D eigenvalue weighted by Crippen LogP contribution is -2.50. The maximum absolute atomic E-state index is 6.07. The van der Waals surface area contributed by atoms with Gasteiger partial charge in [0.25, 0.3) is 0 Å². The molecule has 0 radical (unpaired) electrons. The highest BCUT2D eigenvalue weighted by Gasteiger charge is 2.24. The molecular weight excluding hydrogens is 248 g/mol. The molecule has 5 heteroatoms. The molecule has 2 heterocycles. The number of aryl methyl sites for hydroxylation is 1. The van der Waals surface area contributed by atoms with E-state index in [0.29, 0.717) is 6.04 Å². The summed E-state index contributed by atoms with van der Waals surface area (Å²) in [6.45, 7) is 7.42. The van der Waals surface area contributed by atoms with Gasteiger partial charge in [-0.05, 0) is 38.8 Å². The third-order valence-electron chi connectivity index (χ3n) is 3.65. The van der Waals surface area contributed by atoms with Crippen LogP contribution in [-0.4, -0.2) is 39.9 Å². The summed E-state index contributed by atoms with van der Waals surface area (Å²) in [6.07, 6.45) is 7.89. The normalized spacial score (nSPS) is 22.5. The van der Waals surface area contributed by atoms with Crippen molar-refractivity contribution in [2.24, 2.45) is 5.73 Å². The van der Waals surface area contributed by atoms with Gasteiger partial charge in [0.2, 0.25) is 0 Å². The molecule has 1 fully saturated rings. The molecule has 2 N–H and O–H groups in total. The summed E-state index contributed by atoms with van der Waals surface area (Å²) in [7, 11) is 0. The van der Waals surface area contributed by atoms with Crippen LogP contribution in [0.3, 0.4) is 0 Å². The van der Waals surface area contributed by atoms with Gasteiger partial charge in [-0.1, -0.05) is 6.42 Å². The van der Waals surface area contributed by atoms with Gasteiger partial charge >= 0.3 is 0 Å². The summed E-state index contributed by atoms with van der Waals surface area (Å²) in [5.74, 6) is 0. The molecule has 0 amide bonds. The van der Waals surface area contributed by atoms with Gasteiger partial charge in [-0.25, -0.2) is 0 Å². The molecule has 0 bridgehead atoms. The molecule has 1 aliphatic rings. The first-order valence-corrected chi connectivity index (χ1v) is 6.65. The minimum absolute atomic E-state index is 0. The van der Waals surface area contributed by atoms with Crippen LogP contribution in [0.15, 0.2) is 12.4 Å². The SMILES string of the molecule is Cc1cnn(CCN2CCCCC2C(C)N)c1.Cl. The predicted molar refractivity (Wildman–Crippen MR) is 77.1 cm³/mol. The number of nitrogens with zero attached hydrogens (tertiary/aromatic N) is 3. The Labute approximate surface area is 116 Å². The van der Waals surface area contributed by atoms with E-state index in [0.717, 1.165) is 13.1 Å². The van der Waals surface area contributed by atoms with Gasteiger partial charge in [-0.15, -0.1) is 12.4 Å². The lowest BCUT2D eigenvalue weighted by Gasteiger charge is -2.37. The summed E-state index contributed by atoms with van der Waals surface area (Å²) in [5, 5.41) is 4.33. The minimum atomic E-state index is 0. The van der Waals surface area contributed by atoms with Crippen LogP contribution in [0.4, 0.5) is 0 Å². The minimum Gasteiger partial charge on any atom is -0.327 e. The Morgan fingerprint density at radius 2 is 2.22 bits per heavy atom. The number of aromatic nitrogens is 2. The quantitative estimate of drug-likeness (QED) is 0.910. The Hall–Kier alpha value is -0.580. The van der Waals surface area contributed by atoms with E-state index in [-0.39, 0.29) is 18.4 Å². The third-order valence-corrected chi connectivity index (χ3v) is 3.65. The van der Waals surface area contributed by atoms with E-state index in [9.17, 15) is 0 Å². The lowest BCUT2D eigenvalue weighted by atomic mass is 9.97. The van der Waals surface area contributed by atoms with Crippen LogP contribution in [0.1, 0.15) is 31.7 Å². The number of piperidine rings is 1. The first-order valence-electron chi connectivity index (χ1n) is 6.65. The van der Waals surface area contributed by atoms with Gasteiger partial charge in [0.15, 0.2) is 0 Å². The van der Waals surface area contributed by atoms with Crippen molar-refractivity contribution >= 4 is 12.4 Å². The molecule has 2 unspecified atom stereocenters. The monoisotopic (exact) mass is 272 g/mol. The molecule has 0 aliphatic carbocycles. The molecule has 0 aromatic carbocycles. The van der Waals surface area contributed by atoms with Crippen molar-refractivity contribution in [2.75, 3.05) is 13.1 Å². The van der Waals surface area contributed by atoms with Crippen molar-refractivity contribution in [1.82, 2.24) is 14.7 Å². The van der Waals surface area contributed by atoms with Crippen LogP contribution in [0.2, 0.25) is 0 Å². The Balaban J connectivity index is 0.00000162. The zero-order chi connectivity index (χ0) is 12.3. The Morgan fingerprint density at radius 1 is 1.44 bits per heavy atom. The molecule has 1 aromatic rings. The molecule has 1 aliphatic heterocycles. The van der Waals surface area contributed by atoms with Gasteiger partial charge in [-0.2, -0.15) is 5.10 Å². The fourth-order valence-electron chi connectivity index (χ4n) is 2.71. The highest BCUT2D eigenvalue weighted by molar-refractivity contribution is 5.85. The second kappa shape index (κ2) is 7.12. The highest BCUT2D eigenvalue weighted by Crippen LogP contribution is 2.18. The summed E-state index contributed by atoms with van der Waals surface area (Å²) < 4.78 is 2.03. The van der Waals surface area contributed by atoms with Crippen molar-refractivity contribution in [3.8, 4) is 0 Å². The summed E-state index contributed by atoms with van der Waals surface area (Å²) in [6, 6.07) is 0.829. The lowest BCUT2D eigenvalue weighted by molar-refractivity contribution is 0.124. The van der Waals surface area contributed by atoms with Gasteiger partial charge in [0, 0.05) is 24.8 Å². The average molecular weight is 273 g/mol.